The highest BCUT2D eigenvalue weighted by atomic mass is 35.5. The molecule has 2 atom stereocenters. The molecule has 0 unspecified atom stereocenters. The van der Waals surface area contributed by atoms with Crippen LogP contribution >= 0.6 is 11.6 Å². The molecule has 12 heteroatoms. The summed E-state index contributed by atoms with van der Waals surface area (Å²) in [6.07, 6.45) is 0.187. The van der Waals surface area contributed by atoms with E-state index in [1.807, 2.05) is 4.90 Å². The minimum atomic E-state index is -1.03. The largest absolute Gasteiger partial charge is 0.480 e. The van der Waals surface area contributed by atoms with Crippen molar-refractivity contribution in [1.82, 2.24) is 15.2 Å². The number of halogens is 1. The normalized spacial score (nSPS) is 18.2. The van der Waals surface area contributed by atoms with Gasteiger partial charge in [-0.3, -0.25) is 14.5 Å². The topological polar surface area (TPSA) is 156 Å². The van der Waals surface area contributed by atoms with Gasteiger partial charge in [0.15, 0.2) is 0 Å². The van der Waals surface area contributed by atoms with Crippen LogP contribution in [0.5, 0.6) is 5.88 Å². The van der Waals surface area contributed by atoms with Crippen LogP contribution in [0.1, 0.15) is 27.1 Å². The van der Waals surface area contributed by atoms with Gasteiger partial charge in [-0.1, -0.05) is 11.6 Å². The number of piperidine rings is 1. The molecule has 3 rings (SSSR count). The molecule has 2 aromatic rings. The van der Waals surface area contributed by atoms with E-state index in [9.17, 15) is 14.4 Å². The summed E-state index contributed by atoms with van der Waals surface area (Å²) >= 11 is 6.01. The number of aromatic nitrogens is 1. The summed E-state index contributed by atoms with van der Waals surface area (Å²) in [6, 6.07) is 7.02. The minimum Gasteiger partial charge on any atom is -0.480 e. The van der Waals surface area contributed by atoms with E-state index >= 15 is 0 Å². The predicted octanol–water partition coefficient (Wildman–Crippen LogP) is 1.48. The Kier molecular flexibility index (Phi) is 8.26. The van der Waals surface area contributed by atoms with Crippen molar-refractivity contribution in [2.75, 3.05) is 44.9 Å². The molecular weight excluding hydrogens is 466 g/mol. The number of aromatic carboxylic acids is 1. The number of pyridine rings is 1. The van der Waals surface area contributed by atoms with Gasteiger partial charge in [-0.05, 0) is 36.8 Å². The highest BCUT2D eigenvalue weighted by Crippen LogP contribution is 2.25. The van der Waals surface area contributed by atoms with Gasteiger partial charge in [-0.2, -0.15) is 4.98 Å². The zero-order chi connectivity index (χ0) is 24.8. The lowest BCUT2D eigenvalue weighted by Gasteiger charge is -2.37. The van der Waals surface area contributed by atoms with Crippen LogP contribution in [0.2, 0.25) is 5.02 Å². The zero-order valence-electron chi connectivity index (χ0n) is 18.7. The molecule has 2 amide bonds. The first-order valence-electron chi connectivity index (χ1n) is 10.4. The first-order valence-corrected chi connectivity index (χ1v) is 10.8. The summed E-state index contributed by atoms with van der Waals surface area (Å²) in [5.41, 5.74) is 6.48. The molecule has 0 spiro atoms. The molecule has 1 saturated heterocycles. The quantitative estimate of drug-likeness (QED) is 0.429. The molecule has 1 fully saturated rings. The minimum absolute atomic E-state index is 0.0641. The summed E-state index contributed by atoms with van der Waals surface area (Å²) in [5.74, 6) is -1.57. The van der Waals surface area contributed by atoms with Crippen molar-refractivity contribution in [1.29, 1.82) is 0 Å². The fourth-order valence-electron chi connectivity index (χ4n) is 3.68. The van der Waals surface area contributed by atoms with Crippen LogP contribution < -0.4 is 21.1 Å². The Morgan fingerprint density at radius 1 is 1.26 bits per heavy atom. The van der Waals surface area contributed by atoms with Crippen LogP contribution in [0.4, 0.5) is 11.5 Å². The number of carbonyl (C=O) groups excluding carboxylic acids is 2. The number of nitrogens with two attached hydrogens (primary N) is 1. The maximum absolute atomic E-state index is 12.8. The summed E-state index contributed by atoms with van der Waals surface area (Å²) in [7, 11) is 2.92. The number of anilines is 2. The zero-order valence-corrected chi connectivity index (χ0v) is 19.5. The molecule has 2 heterocycles. The van der Waals surface area contributed by atoms with Crippen LogP contribution in [0.3, 0.4) is 0 Å². The van der Waals surface area contributed by atoms with E-state index in [0.29, 0.717) is 25.2 Å². The number of methoxy groups -OCH3 is 2. The van der Waals surface area contributed by atoms with E-state index < -0.39 is 11.9 Å². The predicted molar refractivity (Wildman–Crippen MR) is 125 cm³/mol. The number of carboxylic acids is 1. The average molecular weight is 492 g/mol. The maximum atomic E-state index is 12.8. The van der Waals surface area contributed by atoms with Gasteiger partial charge in [-0.15, -0.1) is 0 Å². The summed E-state index contributed by atoms with van der Waals surface area (Å²) < 4.78 is 10.7. The van der Waals surface area contributed by atoms with Crippen LogP contribution in [0.15, 0.2) is 30.3 Å². The monoisotopic (exact) mass is 491 g/mol. The van der Waals surface area contributed by atoms with Gasteiger partial charge in [0.1, 0.15) is 11.4 Å². The van der Waals surface area contributed by atoms with Gasteiger partial charge in [0.2, 0.25) is 11.8 Å². The molecule has 5 N–H and O–H groups in total. The fourth-order valence-corrected chi connectivity index (χ4v) is 3.83. The van der Waals surface area contributed by atoms with E-state index in [0.717, 1.165) is 0 Å². The van der Waals surface area contributed by atoms with Crippen LogP contribution in [0.25, 0.3) is 0 Å². The van der Waals surface area contributed by atoms with Gasteiger partial charge in [-0.25, -0.2) is 4.79 Å². The second-order valence-corrected chi connectivity index (χ2v) is 8.13. The SMILES string of the molecule is COc1nc(N)c(Cl)cc1C(=O)N[C@H]1CCN(CC(=O)Nc2ccc(C(=O)O)cc2)C[C@H]1OC. The second-order valence-electron chi connectivity index (χ2n) is 7.72. The van der Waals surface area contributed by atoms with E-state index in [2.05, 4.69) is 15.6 Å². The third kappa shape index (κ3) is 6.13. The number of carbonyl (C=O) groups is 3. The molecule has 0 bridgehead atoms. The van der Waals surface area contributed by atoms with E-state index in [4.69, 9.17) is 31.9 Å². The third-order valence-electron chi connectivity index (χ3n) is 5.45. The van der Waals surface area contributed by atoms with Gasteiger partial charge in [0.05, 0.1) is 36.4 Å². The number of likely N-dealkylation sites (tertiary alicyclic amines) is 1. The Morgan fingerprint density at radius 3 is 2.59 bits per heavy atom. The van der Waals surface area contributed by atoms with E-state index in [-0.39, 0.29) is 52.4 Å². The smallest absolute Gasteiger partial charge is 0.335 e. The Morgan fingerprint density at radius 2 is 1.97 bits per heavy atom. The lowest BCUT2D eigenvalue weighted by atomic mass is 10.0. The van der Waals surface area contributed by atoms with Gasteiger partial charge in [0, 0.05) is 25.9 Å². The number of rotatable bonds is 8. The van der Waals surface area contributed by atoms with Gasteiger partial charge in [0.25, 0.3) is 5.91 Å². The van der Waals surface area contributed by atoms with Crippen molar-refractivity contribution in [3.8, 4) is 5.88 Å². The highest BCUT2D eigenvalue weighted by Gasteiger charge is 2.32. The Labute approximate surface area is 201 Å². The molecule has 1 aromatic carbocycles. The summed E-state index contributed by atoms with van der Waals surface area (Å²) in [4.78, 5) is 42.1. The lowest BCUT2D eigenvalue weighted by molar-refractivity contribution is -0.118. The van der Waals surface area contributed by atoms with Crippen molar-refractivity contribution < 1.29 is 29.0 Å². The number of amides is 2. The molecule has 1 aromatic heterocycles. The molecule has 0 saturated carbocycles. The van der Waals surface area contributed by atoms with Crippen molar-refractivity contribution in [2.45, 2.75) is 18.6 Å². The molecule has 1 aliphatic rings. The third-order valence-corrected chi connectivity index (χ3v) is 5.75. The number of hydrogen-bond acceptors (Lipinski definition) is 8. The molecule has 1 aliphatic heterocycles. The Hall–Kier alpha value is -3.41. The van der Waals surface area contributed by atoms with Crippen molar-refractivity contribution >= 4 is 40.9 Å². The maximum Gasteiger partial charge on any atom is 0.335 e. The van der Waals surface area contributed by atoms with Crippen LogP contribution in [-0.4, -0.2) is 78.8 Å². The van der Waals surface area contributed by atoms with Crippen molar-refractivity contribution in [3.63, 3.8) is 0 Å². The number of benzene rings is 1. The van der Waals surface area contributed by atoms with Gasteiger partial charge < -0.3 is 30.9 Å². The van der Waals surface area contributed by atoms with Crippen molar-refractivity contribution in [3.05, 3.63) is 46.5 Å². The lowest BCUT2D eigenvalue weighted by Crippen LogP contribution is -2.55. The first-order chi connectivity index (χ1) is 16.2. The number of nitrogen functional groups attached to an aromatic ring is 1. The van der Waals surface area contributed by atoms with Crippen LogP contribution in [0, 0.1) is 0 Å². The molecule has 34 heavy (non-hydrogen) atoms. The number of nitrogens with zero attached hydrogens (tertiary/aromatic N) is 2. The molecule has 182 valence electrons. The fraction of sp³-hybridized carbons (Fsp3) is 0.364. The molecule has 0 radical (unpaired) electrons. The highest BCUT2D eigenvalue weighted by molar-refractivity contribution is 6.33. The second kappa shape index (κ2) is 11.1. The standard InChI is InChI=1S/C22H26ClN5O6/c1-33-17-10-28(11-18(29)25-13-5-3-12(4-6-13)22(31)32)8-7-16(17)26-20(30)14-9-15(23)19(24)27-21(14)34-2/h3-6,9,16-17H,7-8,10-11H2,1-2H3,(H2,24,27)(H,25,29)(H,26,30)(H,31,32)/t16-,17+/m0/s1. The summed E-state index contributed by atoms with van der Waals surface area (Å²) in [5, 5.41) is 14.8. The number of carboxylic acid groups (broad SMARTS) is 1. The van der Waals surface area contributed by atoms with Gasteiger partial charge >= 0.3 is 5.97 Å². The Balaban J connectivity index is 1.57. The molecule has 0 aliphatic carbocycles. The van der Waals surface area contributed by atoms with E-state index in [1.165, 1.54) is 37.4 Å². The number of hydrogen-bond donors (Lipinski definition) is 4. The average Bonchev–Trinajstić information content (AvgIpc) is 2.81. The number of nitrogens with one attached hydrogen (secondary N) is 2. The summed E-state index contributed by atoms with van der Waals surface area (Å²) in [6.45, 7) is 1.09. The molecular formula is C22H26ClN5O6. The first kappa shape index (κ1) is 25.2. The molecule has 11 nitrogen and oxygen atoms in total. The van der Waals surface area contributed by atoms with Crippen LogP contribution in [-0.2, 0) is 9.53 Å². The van der Waals surface area contributed by atoms with Crippen molar-refractivity contribution in [2.24, 2.45) is 0 Å². The Bertz CT molecular complexity index is 1060. The number of ether oxygens (including phenoxy) is 2. The van der Waals surface area contributed by atoms with E-state index in [1.54, 1.807) is 7.11 Å².